The van der Waals surface area contributed by atoms with Crippen molar-refractivity contribution < 1.29 is 8.42 Å². The van der Waals surface area contributed by atoms with Crippen molar-refractivity contribution in [2.75, 3.05) is 19.6 Å². The first-order chi connectivity index (χ1) is 8.88. The van der Waals surface area contributed by atoms with Gasteiger partial charge in [-0.05, 0) is 31.6 Å². The Morgan fingerprint density at radius 2 is 1.68 bits per heavy atom. The van der Waals surface area contributed by atoms with Crippen LogP contribution in [0.5, 0.6) is 0 Å². The van der Waals surface area contributed by atoms with Crippen LogP contribution in [0.3, 0.4) is 0 Å². The summed E-state index contributed by atoms with van der Waals surface area (Å²) in [6.07, 6.45) is 0.676. The first kappa shape index (κ1) is 17.0. The van der Waals surface area contributed by atoms with Crippen LogP contribution in [0.25, 0.3) is 0 Å². The van der Waals surface area contributed by atoms with E-state index in [0.717, 1.165) is 13.1 Å². The molecule has 0 heterocycles. The molecule has 108 valence electrons. The third-order valence-electron chi connectivity index (χ3n) is 2.30. The fraction of sp³-hybridized carbons (Fsp3) is 0.455. The topological polar surface area (TPSA) is 58.2 Å². The normalized spacial score (nSPS) is 11.8. The minimum atomic E-state index is -3.73. The Kier molecular flexibility index (Phi) is 6.86. The molecule has 0 saturated heterocycles. The summed E-state index contributed by atoms with van der Waals surface area (Å²) in [4.78, 5) is -0.135. The smallest absolute Gasteiger partial charge is 0.243 e. The zero-order valence-corrected chi connectivity index (χ0v) is 13.4. The second-order valence-corrected chi connectivity index (χ2v) is 6.76. The van der Waals surface area contributed by atoms with Gasteiger partial charge in [-0.25, -0.2) is 13.1 Å². The number of hydrogen-bond acceptors (Lipinski definition) is 3. The van der Waals surface area contributed by atoms with Crippen LogP contribution in [-0.2, 0) is 10.0 Å². The number of nitrogens with one attached hydrogen (secondary N) is 2. The molecule has 0 bridgehead atoms. The van der Waals surface area contributed by atoms with Crippen LogP contribution in [0.2, 0.25) is 15.1 Å². The number of rotatable bonds is 7. The van der Waals surface area contributed by atoms with E-state index < -0.39 is 10.0 Å². The van der Waals surface area contributed by atoms with E-state index in [0.29, 0.717) is 18.0 Å². The minimum absolute atomic E-state index is 0.0108. The van der Waals surface area contributed by atoms with E-state index >= 15 is 0 Å². The third kappa shape index (κ3) is 5.10. The first-order valence-corrected chi connectivity index (χ1v) is 8.35. The van der Waals surface area contributed by atoms with Gasteiger partial charge in [-0.2, -0.15) is 0 Å². The van der Waals surface area contributed by atoms with E-state index in [1.54, 1.807) is 0 Å². The van der Waals surface area contributed by atoms with Gasteiger partial charge in [-0.1, -0.05) is 41.7 Å². The SMILES string of the molecule is CCNCCCNS(=O)(=O)c1c(Cl)cc(Cl)cc1Cl. The van der Waals surface area contributed by atoms with Crippen LogP contribution >= 0.6 is 34.8 Å². The standard InChI is InChI=1S/C11H15Cl3N2O2S/c1-2-15-4-3-5-16-19(17,18)11-9(13)6-8(12)7-10(11)14/h6-7,15-16H,2-5H2,1H3. The molecule has 1 aromatic rings. The highest BCUT2D eigenvalue weighted by atomic mass is 35.5. The summed E-state index contributed by atoms with van der Waals surface area (Å²) < 4.78 is 26.6. The molecule has 0 fully saturated rings. The Morgan fingerprint density at radius 3 is 2.21 bits per heavy atom. The predicted molar refractivity (Wildman–Crippen MR) is 79.8 cm³/mol. The summed E-state index contributed by atoms with van der Waals surface area (Å²) in [7, 11) is -3.73. The fourth-order valence-corrected chi connectivity index (χ4v) is 4.07. The van der Waals surface area contributed by atoms with Gasteiger partial charge in [0, 0.05) is 11.6 Å². The van der Waals surface area contributed by atoms with Crippen LogP contribution in [0.1, 0.15) is 13.3 Å². The lowest BCUT2D eigenvalue weighted by molar-refractivity contribution is 0.575. The number of halogens is 3. The van der Waals surface area contributed by atoms with Crippen LogP contribution in [0, 0.1) is 0 Å². The molecular weight excluding hydrogens is 331 g/mol. The largest absolute Gasteiger partial charge is 0.317 e. The molecule has 19 heavy (non-hydrogen) atoms. The molecule has 1 rings (SSSR count). The Balaban J connectivity index is 2.78. The molecule has 0 aliphatic heterocycles. The van der Waals surface area contributed by atoms with E-state index in [1.807, 2.05) is 6.92 Å². The Bertz CT molecular complexity index is 512. The average Bonchev–Trinajstić information content (AvgIpc) is 2.26. The highest BCUT2D eigenvalue weighted by Crippen LogP contribution is 2.32. The summed E-state index contributed by atoms with van der Waals surface area (Å²) in [6.45, 7) is 3.88. The molecule has 0 aliphatic carbocycles. The van der Waals surface area contributed by atoms with Crippen molar-refractivity contribution in [3.8, 4) is 0 Å². The van der Waals surface area contributed by atoms with Crippen molar-refractivity contribution in [2.24, 2.45) is 0 Å². The quantitative estimate of drug-likeness (QED) is 0.747. The van der Waals surface area contributed by atoms with Crippen LogP contribution in [0.15, 0.2) is 17.0 Å². The molecule has 0 unspecified atom stereocenters. The van der Waals surface area contributed by atoms with E-state index in [4.69, 9.17) is 34.8 Å². The summed E-state index contributed by atoms with van der Waals surface area (Å²) in [5, 5.41) is 3.41. The van der Waals surface area contributed by atoms with Gasteiger partial charge in [0.25, 0.3) is 0 Å². The zero-order chi connectivity index (χ0) is 14.5. The lowest BCUT2D eigenvalue weighted by atomic mass is 10.4. The maximum Gasteiger partial charge on any atom is 0.243 e. The molecule has 0 amide bonds. The number of sulfonamides is 1. The van der Waals surface area contributed by atoms with Gasteiger partial charge in [0.05, 0.1) is 10.0 Å². The molecule has 0 atom stereocenters. The Hall–Kier alpha value is -0.0400. The van der Waals surface area contributed by atoms with Crippen molar-refractivity contribution in [3.05, 3.63) is 27.2 Å². The molecule has 0 aliphatic rings. The molecule has 0 saturated carbocycles. The molecule has 1 aromatic carbocycles. The zero-order valence-electron chi connectivity index (χ0n) is 10.3. The highest BCUT2D eigenvalue weighted by Gasteiger charge is 2.21. The van der Waals surface area contributed by atoms with E-state index in [-0.39, 0.29) is 14.9 Å². The molecule has 0 radical (unpaired) electrons. The second kappa shape index (κ2) is 7.67. The molecule has 2 N–H and O–H groups in total. The fourth-order valence-electron chi connectivity index (χ4n) is 1.45. The van der Waals surface area contributed by atoms with E-state index in [2.05, 4.69) is 10.0 Å². The lowest BCUT2D eigenvalue weighted by Gasteiger charge is -2.10. The maximum absolute atomic E-state index is 12.1. The van der Waals surface area contributed by atoms with Gasteiger partial charge in [0.2, 0.25) is 10.0 Å². The Morgan fingerprint density at radius 1 is 1.11 bits per heavy atom. The summed E-state index contributed by atoms with van der Waals surface area (Å²) in [5.41, 5.74) is 0. The van der Waals surface area contributed by atoms with Crippen molar-refractivity contribution >= 4 is 44.8 Å². The molecular formula is C11H15Cl3N2O2S. The van der Waals surface area contributed by atoms with Gasteiger partial charge in [-0.15, -0.1) is 0 Å². The van der Waals surface area contributed by atoms with Crippen molar-refractivity contribution in [3.63, 3.8) is 0 Å². The predicted octanol–water partition coefficient (Wildman–Crippen LogP) is 2.92. The summed E-state index contributed by atoms with van der Waals surface area (Å²) in [5.74, 6) is 0. The Labute approximate surface area is 128 Å². The van der Waals surface area contributed by atoms with Crippen LogP contribution < -0.4 is 10.0 Å². The summed E-state index contributed by atoms with van der Waals surface area (Å²) in [6, 6.07) is 2.70. The number of hydrogen-bond donors (Lipinski definition) is 2. The van der Waals surface area contributed by atoms with Crippen LogP contribution in [-0.4, -0.2) is 28.1 Å². The lowest BCUT2D eigenvalue weighted by Crippen LogP contribution is -2.28. The monoisotopic (exact) mass is 344 g/mol. The van der Waals surface area contributed by atoms with Crippen molar-refractivity contribution in [1.29, 1.82) is 0 Å². The highest BCUT2D eigenvalue weighted by molar-refractivity contribution is 7.89. The maximum atomic E-state index is 12.1. The van der Waals surface area contributed by atoms with Gasteiger partial charge in [0.1, 0.15) is 4.90 Å². The average molecular weight is 346 g/mol. The molecule has 0 aromatic heterocycles. The molecule has 8 heteroatoms. The summed E-state index contributed by atoms with van der Waals surface area (Å²) >= 11 is 17.5. The van der Waals surface area contributed by atoms with Crippen molar-refractivity contribution in [2.45, 2.75) is 18.2 Å². The van der Waals surface area contributed by atoms with Gasteiger partial charge in [-0.3, -0.25) is 0 Å². The molecule has 0 spiro atoms. The van der Waals surface area contributed by atoms with Gasteiger partial charge < -0.3 is 5.32 Å². The van der Waals surface area contributed by atoms with Gasteiger partial charge >= 0.3 is 0 Å². The van der Waals surface area contributed by atoms with E-state index in [1.165, 1.54) is 12.1 Å². The minimum Gasteiger partial charge on any atom is -0.317 e. The van der Waals surface area contributed by atoms with Crippen molar-refractivity contribution in [1.82, 2.24) is 10.0 Å². The number of benzene rings is 1. The van der Waals surface area contributed by atoms with Gasteiger partial charge in [0.15, 0.2) is 0 Å². The van der Waals surface area contributed by atoms with E-state index in [9.17, 15) is 8.42 Å². The first-order valence-electron chi connectivity index (χ1n) is 5.73. The molecule has 4 nitrogen and oxygen atoms in total. The van der Waals surface area contributed by atoms with Crippen LogP contribution in [0.4, 0.5) is 0 Å². The third-order valence-corrected chi connectivity index (χ3v) is 4.90. The second-order valence-electron chi connectivity index (χ2n) is 3.80.